The summed E-state index contributed by atoms with van der Waals surface area (Å²) in [5.41, 5.74) is 6.82. The Balaban J connectivity index is 2.91. The normalized spacial score (nSPS) is 12.9. The van der Waals surface area contributed by atoms with Crippen LogP contribution in [0.25, 0.3) is 0 Å². The van der Waals surface area contributed by atoms with Gasteiger partial charge in [0.1, 0.15) is 11.2 Å². The highest BCUT2D eigenvalue weighted by Crippen LogP contribution is 2.19. The maximum absolute atomic E-state index is 10.5. The fourth-order valence-corrected chi connectivity index (χ4v) is 1.46. The summed E-state index contributed by atoms with van der Waals surface area (Å²) in [6.45, 7) is 1.77. The zero-order valence-corrected chi connectivity index (χ0v) is 8.75. The van der Waals surface area contributed by atoms with Gasteiger partial charge in [-0.2, -0.15) is 5.10 Å². The molecule has 0 bridgehead atoms. The van der Waals surface area contributed by atoms with E-state index in [2.05, 4.69) is 5.10 Å². The van der Waals surface area contributed by atoms with Crippen molar-refractivity contribution in [3.63, 3.8) is 0 Å². The van der Waals surface area contributed by atoms with Crippen molar-refractivity contribution in [2.45, 2.75) is 19.4 Å². The molecule has 0 radical (unpaired) electrons. The van der Waals surface area contributed by atoms with E-state index in [4.69, 9.17) is 22.4 Å². The second kappa shape index (κ2) is 3.98. The number of carbonyl (C=O) groups is 1. The fourth-order valence-electron chi connectivity index (χ4n) is 1.21. The van der Waals surface area contributed by atoms with Gasteiger partial charge in [-0.3, -0.25) is 9.48 Å². The number of aromatic nitrogens is 2. The van der Waals surface area contributed by atoms with E-state index >= 15 is 0 Å². The van der Waals surface area contributed by atoms with Crippen LogP contribution in [0.3, 0.4) is 0 Å². The second-order valence-corrected chi connectivity index (χ2v) is 3.49. The number of nitrogens with zero attached hydrogens (tertiary/aromatic N) is 2. The Hall–Kier alpha value is -1.07. The number of rotatable bonds is 3. The molecular weight excluding hydrogens is 206 g/mol. The van der Waals surface area contributed by atoms with Gasteiger partial charge in [0.05, 0.1) is 5.69 Å². The Morgan fingerprint density at radius 2 is 2.36 bits per heavy atom. The summed E-state index contributed by atoms with van der Waals surface area (Å²) in [6, 6.07) is -0.935. The SMILES string of the molecule is Cc1nn(C)c(Cl)c1C[C@@H](N)C(=O)O. The van der Waals surface area contributed by atoms with Crippen LogP contribution in [0.1, 0.15) is 11.3 Å². The minimum atomic E-state index is -1.04. The number of hydrogen-bond donors (Lipinski definition) is 2. The van der Waals surface area contributed by atoms with E-state index < -0.39 is 12.0 Å². The average molecular weight is 218 g/mol. The topological polar surface area (TPSA) is 81.1 Å². The van der Waals surface area contributed by atoms with Crippen molar-refractivity contribution in [2.24, 2.45) is 12.8 Å². The Labute approximate surface area is 86.5 Å². The smallest absolute Gasteiger partial charge is 0.320 e. The molecule has 6 heteroatoms. The predicted molar refractivity (Wildman–Crippen MR) is 52.3 cm³/mol. The van der Waals surface area contributed by atoms with Crippen LogP contribution in [0.5, 0.6) is 0 Å². The summed E-state index contributed by atoms with van der Waals surface area (Å²) in [5, 5.41) is 13.1. The third kappa shape index (κ3) is 2.05. The summed E-state index contributed by atoms with van der Waals surface area (Å²) >= 11 is 5.91. The first-order chi connectivity index (χ1) is 6.43. The van der Waals surface area contributed by atoms with Gasteiger partial charge in [-0.15, -0.1) is 0 Å². The molecule has 3 N–H and O–H groups in total. The lowest BCUT2D eigenvalue weighted by Crippen LogP contribution is -2.32. The van der Waals surface area contributed by atoms with E-state index in [1.807, 2.05) is 0 Å². The predicted octanol–water partition coefficient (Wildman–Crippen LogP) is 0.336. The first-order valence-corrected chi connectivity index (χ1v) is 4.47. The first kappa shape index (κ1) is 11.0. The van der Waals surface area contributed by atoms with Gasteiger partial charge in [-0.25, -0.2) is 0 Å². The molecule has 5 nitrogen and oxygen atoms in total. The van der Waals surface area contributed by atoms with Gasteiger partial charge in [-0.1, -0.05) is 11.6 Å². The molecule has 0 aliphatic carbocycles. The molecule has 1 aromatic rings. The number of hydrogen-bond acceptors (Lipinski definition) is 3. The largest absolute Gasteiger partial charge is 0.480 e. The maximum atomic E-state index is 10.5. The highest BCUT2D eigenvalue weighted by molar-refractivity contribution is 6.30. The van der Waals surface area contributed by atoms with Gasteiger partial charge in [0.25, 0.3) is 0 Å². The van der Waals surface area contributed by atoms with Crippen molar-refractivity contribution in [1.29, 1.82) is 0 Å². The van der Waals surface area contributed by atoms with E-state index in [1.165, 1.54) is 4.68 Å². The lowest BCUT2D eigenvalue weighted by molar-refractivity contribution is -0.138. The van der Waals surface area contributed by atoms with Crippen LogP contribution in [0.4, 0.5) is 0 Å². The molecule has 0 fully saturated rings. The molecule has 1 aromatic heterocycles. The minimum absolute atomic E-state index is 0.202. The number of nitrogens with two attached hydrogens (primary N) is 1. The van der Waals surface area contributed by atoms with Gasteiger partial charge in [-0.05, 0) is 6.92 Å². The molecule has 0 saturated carbocycles. The van der Waals surface area contributed by atoms with Crippen LogP contribution >= 0.6 is 11.6 Å². The maximum Gasteiger partial charge on any atom is 0.320 e. The molecule has 0 aromatic carbocycles. The number of carboxylic acids is 1. The Morgan fingerprint density at radius 1 is 1.79 bits per heavy atom. The minimum Gasteiger partial charge on any atom is -0.480 e. The molecule has 78 valence electrons. The third-order valence-corrected chi connectivity index (χ3v) is 2.48. The van der Waals surface area contributed by atoms with E-state index in [0.717, 1.165) is 0 Å². The van der Waals surface area contributed by atoms with Crippen molar-refractivity contribution in [3.05, 3.63) is 16.4 Å². The number of carboxylic acid groups (broad SMARTS) is 1. The van der Waals surface area contributed by atoms with Gasteiger partial charge < -0.3 is 10.8 Å². The van der Waals surface area contributed by atoms with Crippen LogP contribution < -0.4 is 5.73 Å². The summed E-state index contributed by atoms with van der Waals surface area (Å²) in [7, 11) is 1.70. The molecule has 14 heavy (non-hydrogen) atoms. The van der Waals surface area contributed by atoms with Crippen LogP contribution in [-0.2, 0) is 18.3 Å². The quantitative estimate of drug-likeness (QED) is 0.765. The highest BCUT2D eigenvalue weighted by Gasteiger charge is 2.18. The van der Waals surface area contributed by atoms with Crippen molar-refractivity contribution >= 4 is 17.6 Å². The Kier molecular flexibility index (Phi) is 3.13. The van der Waals surface area contributed by atoms with Gasteiger partial charge in [0.2, 0.25) is 0 Å². The van der Waals surface area contributed by atoms with Crippen molar-refractivity contribution < 1.29 is 9.90 Å². The van der Waals surface area contributed by atoms with E-state index in [9.17, 15) is 4.79 Å². The van der Waals surface area contributed by atoms with E-state index in [1.54, 1.807) is 14.0 Å². The van der Waals surface area contributed by atoms with Crippen molar-refractivity contribution in [3.8, 4) is 0 Å². The molecule has 0 unspecified atom stereocenters. The lowest BCUT2D eigenvalue weighted by Gasteiger charge is -2.05. The average Bonchev–Trinajstić information content (AvgIpc) is 2.32. The van der Waals surface area contributed by atoms with Gasteiger partial charge in [0, 0.05) is 19.0 Å². The van der Waals surface area contributed by atoms with Crippen LogP contribution in [0.2, 0.25) is 5.15 Å². The monoisotopic (exact) mass is 217 g/mol. The molecule has 1 rings (SSSR count). The van der Waals surface area contributed by atoms with Crippen molar-refractivity contribution in [2.75, 3.05) is 0 Å². The van der Waals surface area contributed by atoms with Crippen LogP contribution in [-0.4, -0.2) is 26.9 Å². The van der Waals surface area contributed by atoms with E-state index in [-0.39, 0.29) is 6.42 Å². The fraction of sp³-hybridized carbons (Fsp3) is 0.500. The Morgan fingerprint density at radius 3 is 2.71 bits per heavy atom. The molecule has 1 atom stereocenters. The van der Waals surface area contributed by atoms with Crippen molar-refractivity contribution in [1.82, 2.24) is 9.78 Å². The molecule has 0 saturated heterocycles. The molecule has 1 heterocycles. The lowest BCUT2D eigenvalue weighted by atomic mass is 10.1. The molecule has 0 amide bonds. The molecule has 0 aliphatic rings. The standard InChI is InChI=1S/C8H12ClN3O2/c1-4-5(3-6(10)8(13)14)7(9)12(2)11-4/h6H,3,10H2,1-2H3,(H,13,14)/t6-/m1/s1. The zero-order chi connectivity index (χ0) is 10.9. The molecular formula is C8H12ClN3O2. The molecule has 0 spiro atoms. The van der Waals surface area contributed by atoms with Crippen LogP contribution in [0, 0.1) is 6.92 Å². The van der Waals surface area contributed by atoms with Gasteiger partial charge in [0.15, 0.2) is 0 Å². The number of halogens is 1. The second-order valence-electron chi connectivity index (χ2n) is 3.13. The summed E-state index contributed by atoms with van der Waals surface area (Å²) in [5.74, 6) is -1.04. The number of aryl methyl sites for hydroxylation is 2. The highest BCUT2D eigenvalue weighted by atomic mass is 35.5. The van der Waals surface area contributed by atoms with Gasteiger partial charge >= 0.3 is 5.97 Å². The summed E-state index contributed by atoms with van der Waals surface area (Å²) < 4.78 is 1.50. The van der Waals surface area contributed by atoms with Crippen LogP contribution in [0.15, 0.2) is 0 Å². The third-order valence-electron chi connectivity index (χ3n) is 2.01. The van der Waals surface area contributed by atoms with E-state index in [0.29, 0.717) is 16.4 Å². The summed E-state index contributed by atoms with van der Waals surface area (Å²) in [4.78, 5) is 10.5. The zero-order valence-electron chi connectivity index (χ0n) is 7.99. The first-order valence-electron chi connectivity index (χ1n) is 4.09. The summed E-state index contributed by atoms with van der Waals surface area (Å²) in [6.07, 6.45) is 0.202. The molecule has 0 aliphatic heterocycles. The number of aliphatic carboxylic acids is 1. The Bertz CT molecular complexity index is 362.